The van der Waals surface area contributed by atoms with Crippen molar-refractivity contribution in [2.75, 3.05) is 5.32 Å². The summed E-state index contributed by atoms with van der Waals surface area (Å²) in [6.45, 7) is 3.88. The van der Waals surface area contributed by atoms with Crippen molar-refractivity contribution >= 4 is 22.5 Å². The van der Waals surface area contributed by atoms with Gasteiger partial charge < -0.3 is 14.8 Å². The van der Waals surface area contributed by atoms with Crippen LogP contribution in [0.1, 0.15) is 43.6 Å². The Balaban J connectivity index is 1.78. The second-order valence-electron chi connectivity index (χ2n) is 5.02. The third-order valence-electron chi connectivity index (χ3n) is 2.98. The number of rotatable bonds is 7. The highest BCUT2D eigenvalue weighted by Crippen LogP contribution is 2.19. The average Bonchev–Trinajstić information content (AvgIpc) is 3.10. The van der Waals surface area contributed by atoms with Crippen molar-refractivity contribution in [3.05, 3.63) is 29.2 Å². The molecule has 7 nitrogen and oxygen atoms in total. The summed E-state index contributed by atoms with van der Waals surface area (Å²) in [5.41, 5.74) is 0. The average molecular weight is 324 g/mol. The van der Waals surface area contributed by atoms with Crippen LogP contribution in [-0.2, 0) is 6.42 Å². The number of urea groups is 1. The molecule has 0 fully saturated rings. The van der Waals surface area contributed by atoms with Gasteiger partial charge in [0.05, 0.1) is 6.26 Å². The van der Waals surface area contributed by atoms with Crippen LogP contribution >= 0.6 is 11.3 Å². The summed E-state index contributed by atoms with van der Waals surface area (Å²) in [7, 11) is 0. The minimum atomic E-state index is -0.747. The van der Waals surface area contributed by atoms with Crippen LogP contribution in [0.3, 0.4) is 0 Å². The zero-order chi connectivity index (χ0) is 15.9. The topological polar surface area (TPSA) is 100 Å². The number of carbonyl (C=O) groups excluding carboxylic acids is 1. The molecule has 2 atom stereocenters. The second-order valence-corrected chi connectivity index (χ2v) is 6.08. The van der Waals surface area contributed by atoms with E-state index in [2.05, 4.69) is 27.8 Å². The van der Waals surface area contributed by atoms with Gasteiger partial charge in [0.15, 0.2) is 0 Å². The maximum Gasteiger partial charge on any atom is 0.321 e. The maximum absolute atomic E-state index is 11.9. The van der Waals surface area contributed by atoms with E-state index in [0.29, 0.717) is 17.3 Å². The Kier molecular flexibility index (Phi) is 5.91. The molecule has 0 aliphatic carbocycles. The summed E-state index contributed by atoms with van der Waals surface area (Å²) in [5.74, 6) is 0.488. The number of aliphatic hydroxyl groups is 1. The maximum atomic E-state index is 11.9. The van der Waals surface area contributed by atoms with Gasteiger partial charge in [-0.2, -0.15) is 0 Å². The number of amides is 2. The minimum Gasteiger partial charge on any atom is -0.467 e. The smallest absolute Gasteiger partial charge is 0.321 e. The van der Waals surface area contributed by atoms with E-state index in [1.54, 1.807) is 12.1 Å². The fourth-order valence-electron chi connectivity index (χ4n) is 1.97. The molecule has 3 N–H and O–H groups in total. The fraction of sp³-hybridized carbons (Fsp3) is 0.500. The first-order valence-corrected chi connectivity index (χ1v) is 8.01. The summed E-state index contributed by atoms with van der Waals surface area (Å²) in [6, 6.07) is 2.84. The van der Waals surface area contributed by atoms with E-state index in [-0.39, 0.29) is 12.1 Å². The van der Waals surface area contributed by atoms with Crippen molar-refractivity contribution in [2.24, 2.45) is 0 Å². The normalized spacial score (nSPS) is 13.6. The zero-order valence-corrected chi connectivity index (χ0v) is 13.4. The van der Waals surface area contributed by atoms with E-state index >= 15 is 0 Å². The van der Waals surface area contributed by atoms with Crippen LogP contribution in [0.25, 0.3) is 0 Å². The Morgan fingerprint density at radius 2 is 2.32 bits per heavy atom. The van der Waals surface area contributed by atoms with Crippen LogP contribution < -0.4 is 10.6 Å². The quantitative estimate of drug-likeness (QED) is 0.727. The summed E-state index contributed by atoms with van der Waals surface area (Å²) in [5, 5.41) is 24.6. The first-order chi connectivity index (χ1) is 10.6. The molecule has 120 valence electrons. The number of hydrogen-bond donors (Lipinski definition) is 3. The van der Waals surface area contributed by atoms with Crippen molar-refractivity contribution < 1.29 is 14.3 Å². The lowest BCUT2D eigenvalue weighted by atomic mass is 10.1. The van der Waals surface area contributed by atoms with Gasteiger partial charge in [-0.15, -0.1) is 10.2 Å². The molecule has 0 aromatic carbocycles. The summed E-state index contributed by atoms with van der Waals surface area (Å²) < 4.78 is 5.13. The van der Waals surface area contributed by atoms with Crippen molar-refractivity contribution in [2.45, 2.75) is 45.3 Å². The number of aliphatic hydroxyl groups excluding tert-OH is 1. The van der Waals surface area contributed by atoms with Gasteiger partial charge in [-0.25, -0.2) is 4.79 Å². The van der Waals surface area contributed by atoms with Crippen LogP contribution in [0.2, 0.25) is 0 Å². The number of hydrogen-bond acceptors (Lipinski definition) is 6. The van der Waals surface area contributed by atoms with Gasteiger partial charge in [0.2, 0.25) is 5.13 Å². The molecule has 0 bridgehead atoms. The lowest BCUT2D eigenvalue weighted by Crippen LogP contribution is -2.37. The first-order valence-electron chi connectivity index (χ1n) is 7.19. The highest BCUT2D eigenvalue weighted by molar-refractivity contribution is 7.15. The molecule has 2 aromatic rings. The molecule has 2 aromatic heterocycles. The van der Waals surface area contributed by atoms with E-state index in [9.17, 15) is 9.90 Å². The van der Waals surface area contributed by atoms with Gasteiger partial charge in [-0.05, 0) is 25.5 Å². The number of anilines is 1. The fourth-order valence-corrected chi connectivity index (χ4v) is 2.80. The third-order valence-corrected chi connectivity index (χ3v) is 3.88. The van der Waals surface area contributed by atoms with Crippen LogP contribution in [-0.4, -0.2) is 27.4 Å². The van der Waals surface area contributed by atoms with Crippen LogP contribution in [0.15, 0.2) is 22.8 Å². The van der Waals surface area contributed by atoms with Gasteiger partial charge in [0.1, 0.15) is 16.9 Å². The number of aryl methyl sites for hydroxylation is 1. The minimum absolute atomic E-state index is 0.219. The lowest BCUT2D eigenvalue weighted by molar-refractivity contribution is 0.130. The number of nitrogens with zero attached hydrogens (tertiary/aromatic N) is 2. The van der Waals surface area contributed by atoms with E-state index in [0.717, 1.165) is 17.8 Å². The van der Waals surface area contributed by atoms with E-state index in [1.165, 1.54) is 17.6 Å². The van der Waals surface area contributed by atoms with E-state index < -0.39 is 6.10 Å². The predicted molar refractivity (Wildman–Crippen MR) is 83.8 cm³/mol. The summed E-state index contributed by atoms with van der Waals surface area (Å²) in [6.07, 6.45) is 2.96. The van der Waals surface area contributed by atoms with Gasteiger partial charge in [-0.1, -0.05) is 18.3 Å². The van der Waals surface area contributed by atoms with Crippen LogP contribution in [0.4, 0.5) is 9.93 Å². The SMILES string of the molecule is CCCc1nnc(NC(=O)N[C@@H](C)C[C@@H](O)c2ccco2)s1. The molecule has 2 amide bonds. The molecule has 0 radical (unpaired) electrons. The Morgan fingerprint density at radius 3 is 3.00 bits per heavy atom. The van der Waals surface area contributed by atoms with Gasteiger partial charge in [0, 0.05) is 18.9 Å². The Labute approximate surface area is 132 Å². The van der Waals surface area contributed by atoms with Crippen molar-refractivity contribution in [1.82, 2.24) is 15.5 Å². The van der Waals surface area contributed by atoms with Crippen molar-refractivity contribution in [3.8, 4) is 0 Å². The molecule has 0 saturated heterocycles. The number of furan rings is 1. The highest BCUT2D eigenvalue weighted by atomic mass is 32.1. The summed E-state index contributed by atoms with van der Waals surface area (Å²) in [4.78, 5) is 11.9. The van der Waals surface area contributed by atoms with Crippen LogP contribution in [0, 0.1) is 0 Å². The van der Waals surface area contributed by atoms with E-state index in [1.807, 2.05) is 6.92 Å². The lowest BCUT2D eigenvalue weighted by Gasteiger charge is -2.16. The largest absolute Gasteiger partial charge is 0.467 e. The molecular weight excluding hydrogens is 304 g/mol. The molecular formula is C14H20N4O3S. The van der Waals surface area contributed by atoms with E-state index in [4.69, 9.17) is 4.42 Å². The number of carbonyl (C=O) groups is 1. The molecule has 22 heavy (non-hydrogen) atoms. The van der Waals surface area contributed by atoms with Crippen LogP contribution in [0.5, 0.6) is 0 Å². The standard InChI is InChI=1S/C14H20N4O3S/c1-3-5-12-17-18-14(22-12)16-13(20)15-9(2)8-10(19)11-6-4-7-21-11/h4,6-7,9-10,19H,3,5,8H2,1-2H3,(H2,15,16,18,20)/t9-,10+/m0/s1. The van der Waals surface area contributed by atoms with Crippen molar-refractivity contribution in [1.29, 1.82) is 0 Å². The molecule has 0 aliphatic heterocycles. The molecule has 0 spiro atoms. The van der Waals surface area contributed by atoms with Gasteiger partial charge >= 0.3 is 6.03 Å². The van der Waals surface area contributed by atoms with Crippen molar-refractivity contribution in [3.63, 3.8) is 0 Å². The molecule has 2 rings (SSSR count). The predicted octanol–water partition coefficient (Wildman–Crippen LogP) is 2.72. The van der Waals surface area contributed by atoms with Gasteiger partial charge in [0.25, 0.3) is 0 Å². The third kappa shape index (κ3) is 4.81. The Hall–Kier alpha value is -1.93. The molecule has 8 heteroatoms. The Morgan fingerprint density at radius 1 is 1.50 bits per heavy atom. The monoisotopic (exact) mass is 324 g/mol. The number of aromatic nitrogens is 2. The molecule has 2 heterocycles. The molecule has 0 unspecified atom stereocenters. The summed E-state index contributed by atoms with van der Waals surface area (Å²) >= 11 is 1.37. The zero-order valence-electron chi connectivity index (χ0n) is 12.6. The second kappa shape index (κ2) is 7.90. The molecule has 0 saturated carbocycles. The first kappa shape index (κ1) is 16.4. The Bertz CT molecular complexity index is 585. The highest BCUT2D eigenvalue weighted by Gasteiger charge is 2.17. The molecule has 0 aliphatic rings. The number of nitrogens with one attached hydrogen (secondary N) is 2. The van der Waals surface area contributed by atoms with Gasteiger partial charge in [-0.3, -0.25) is 5.32 Å².